The SMILES string of the molecule is CCC(C)(C)C(C)(C)[SiH2]Oc1ccc(C(=O)N[C@@H]2CN(C(=O)OC(C)(C)C)CCC[C@H]2OC(=O)c2cc(OC)c(OCc3ccccc3)c(OC)c2)cc1. The average Bonchev–Trinajstić information content (AvgIpc) is 3.34. The molecule has 11 nitrogen and oxygen atoms in total. The van der Waals surface area contributed by atoms with E-state index < -0.39 is 39.6 Å². The molecule has 2 amide bonds. The Morgan fingerprint density at radius 2 is 1.50 bits per heavy atom. The van der Waals surface area contributed by atoms with Gasteiger partial charge in [0.05, 0.1) is 25.8 Å². The van der Waals surface area contributed by atoms with Crippen LogP contribution in [0.5, 0.6) is 23.0 Å². The molecule has 1 aliphatic heterocycles. The van der Waals surface area contributed by atoms with Gasteiger partial charge in [-0.25, -0.2) is 9.59 Å². The van der Waals surface area contributed by atoms with Crippen LogP contribution >= 0.6 is 0 Å². The number of benzene rings is 3. The predicted octanol–water partition coefficient (Wildman–Crippen LogP) is 7.74. The minimum atomic E-state index is -0.944. The van der Waals surface area contributed by atoms with E-state index in [-0.39, 0.29) is 35.1 Å². The van der Waals surface area contributed by atoms with E-state index in [1.807, 2.05) is 42.5 Å². The number of ether oxygens (including phenoxy) is 5. The first-order valence-corrected chi connectivity index (χ1v) is 19.9. The lowest BCUT2D eigenvalue weighted by atomic mass is 9.78. The van der Waals surface area contributed by atoms with Gasteiger partial charge in [-0.1, -0.05) is 71.4 Å². The van der Waals surface area contributed by atoms with E-state index in [9.17, 15) is 14.4 Å². The van der Waals surface area contributed by atoms with Gasteiger partial charge in [0.15, 0.2) is 11.5 Å². The monoisotopic (exact) mass is 762 g/mol. The van der Waals surface area contributed by atoms with Crippen molar-refractivity contribution in [1.82, 2.24) is 10.2 Å². The number of hydrogen-bond acceptors (Lipinski definition) is 9. The normalized spacial score (nSPS) is 16.7. The molecule has 1 N–H and O–H groups in total. The van der Waals surface area contributed by atoms with Gasteiger partial charge in [-0.3, -0.25) is 4.79 Å². The Kier molecular flexibility index (Phi) is 14.1. The van der Waals surface area contributed by atoms with E-state index in [0.717, 1.165) is 17.7 Å². The van der Waals surface area contributed by atoms with Gasteiger partial charge in [0.2, 0.25) is 15.5 Å². The summed E-state index contributed by atoms with van der Waals surface area (Å²) in [5.41, 5.74) is 0.976. The maximum atomic E-state index is 13.8. The fourth-order valence-electron chi connectivity index (χ4n) is 5.87. The van der Waals surface area contributed by atoms with Gasteiger partial charge < -0.3 is 38.3 Å². The maximum Gasteiger partial charge on any atom is 0.410 e. The fourth-order valence-corrected chi connectivity index (χ4v) is 7.23. The lowest BCUT2D eigenvalue weighted by Gasteiger charge is -2.40. The zero-order chi connectivity index (χ0) is 39.7. The molecule has 0 aliphatic carbocycles. The highest BCUT2D eigenvalue weighted by Gasteiger charge is 2.37. The lowest BCUT2D eigenvalue weighted by Crippen LogP contribution is -2.51. The lowest BCUT2D eigenvalue weighted by molar-refractivity contribution is 0.0127. The number of esters is 1. The van der Waals surface area contributed by atoms with Gasteiger partial charge in [-0.05, 0) is 86.0 Å². The Morgan fingerprint density at radius 3 is 2.07 bits per heavy atom. The third-order valence-corrected chi connectivity index (χ3v) is 12.5. The summed E-state index contributed by atoms with van der Waals surface area (Å²) in [6, 6.07) is 19.1. The van der Waals surface area contributed by atoms with Crippen LogP contribution in [-0.4, -0.2) is 77.7 Å². The summed E-state index contributed by atoms with van der Waals surface area (Å²) < 4.78 is 35.3. The number of nitrogens with one attached hydrogen (secondary N) is 1. The van der Waals surface area contributed by atoms with Crippen LogP contribution in [0.3, 0.4) is 0 Å². The third-order valence-electron chi connectivity index (χ3n) is 10.4. The van der Waals surface area contributed by atoms with Gasteiger partial charge in [0.1, 0.15) is 24.1 Å². The molecule has 1 aliphatic rings. The molecule has 0 saturated carbocycles. The Morgan fingerprint density at radius 1 is 0.870 bits per heavy atom. The highest BCUT2D eigenvalue weighted by molar-refractivity contribution is 6.33. The van der Waals surface area contributed by atoms with Gasteiger partial charge in [-0.2, -0.15) is 0 Å². The zero-order valence-corrected chi connectivity index (χ0v) is 35.0. The first-order chi connectivity index (χ1) is 25.5. The van der Waals surface area contributed by atoms with Crippen LogP contribution in [0, 0.1) is 5.41 Å². The number of rotatable bonds is 14. The second-order valence-corrected chi connectivity index (χ2v) is 18.4. The van der Waals surface area contributed by atoms with Crippen molar-refractivity contribution < 1.29 is 42.5 Å². The molecule has 1 saturated heterocycles. The smallest absolute Gasteiger partial charge is 0.410 e. The summed E-state index contributed by atoms with van der Waals surface area (Å²) in [5, 5.41) is 3.12. The fraction of sp³-hybridized carbons (Fsp3) is 0.500. The van der Waals surface area contributed by atoms with Crippen molar-refractivity contribution in [3.05, 3.63) is 83.4 Å². The van der Waals surface area contributed by atoms with E-state index in [1.54, 1.807) is 49.9 Å². The summed E-state index contributed by atoms with van der Waals surface area (Å²) in [5.74, 6) is 0.652. The van der Waals surface area contributed by atoms with E-state index in [2.05, 4.69) is 39.9 Å². The van der Waals surface area contributed by atoms with Gasteiger partial charge in [0, 0.05) is 18.7 Å². The molecule has 0 unspecified atom stereocenters. The molecule has 2 atom stereocenters. The average molecular weight is 763 g/mol. The van der Waals surface area contributed by atoms with Crippen molar-refractivity contribution in [2.75, 3.05) is 27.3 Å². The number of carbonyl (C=O) groups excluding carboxylic acids is 3. The van der Waals surface area contributed by atoms with Crippen LogP contribution in [0.4, 0.5) is 4.79 Å². The molecule has 3 aromatic rings. The van der Waals surface area contributed by atoms with Gasteiger partial charge in [0.25, 0.3) is 5.91 Å². The Hall–Kier alpha value is -4.71. The van der Waals surface area contributed by atoms with E-state index >= 15 is 0 Å². The Balaban J connectivity index is 1.54. The molecule has 294 valence electrons. The Bertz CT molecular complexity index is 1700. The maximum absolute atomic E-state index is 13.8. The molecule has 54 heavy (non-hydrogen) atoms. The molecule has 1 fully saturated rings. The molecular formula is C42H58N2O9Si. The summed E-state index contributed by atoms with van der Waals surface area (Å²) in [7, 11) is 2.02. The minimum Gasteiger partial charge on any atom is -0.549 e. The minimum absolute atomic E-state index is 0.0677. The van der Waals surface area contributed by atoms with Gasteiger partial charge in [-0.15, -0.1) is 0 Å². The van der Waals surface area contributed by atoms with Crippen LogP contribution in [-0.2, 0) is 16.1 Å². The molecule has 4 rings (SSSR count). The highest BCUT2D eigenvalue weighted by Crippen LogP contribution is 2.46. The van der Waals surface area contributed by atoms with Crippen molar-refractivity contribution >= 4 is 27.7 Å². The zero-order valence-electron chi connectivity index (χ0n) is 33.6. The first kappa shape index (κ1) is 42.0. The third kappa shape index (κ3) is 11.2. The second-order valence-electron chi connectivity index (χ2n) is 16.0. The summed E-state index contributed by atoms with van der Waals surface area (Å²) in [6.07, 6.45) is 0.691. The number of amides is 2. The number of nitrogens with zero attached hydrogens (tertiary/aromatic N) is 1. The quantitative estimate of drug-likeness (QED) is 0.130. The molecule has 0 aromatic heterocycles. The molecule has 0 radical (unpaired) electrons. The first-order valence-electron chi connectivity index (χ1n) is 18.6. The van der Waals surface area contributed by atoms with E-state index in [4.69, 9.17) is 28.1 Å². The highest BCUT2D eigenvalue weighted by atomic mass is 28.2. The number of methoxy groups -OCH3 is 2. The number of carbonyl (C=O) groups is 3. The second kappa shape index (κ2) is 18.1. The standard InChI is InChI=1S/C42H58N2O9Si/c1-11-41(5,6)42(7,8)54-53-31-21-19-29(20-22-31)37(45)43-32-26-44(39(47)52-40(2,3)4)23-15-18-33(32)51-38(46)30-24-34(48-9)36(35(25-30)49-10)50-27-28-16-13-12-14-17-28/h12-14,16-17,19-22,24-25,32-33H,11,15,18,23,26-27,54H2,1-10H3,(H,43,45)/t32-,33-/m1/s1. The van der Waals surface area contributed by atoms with Crippen molar-refractivity contribution in [1.29, 1.82) is 0 Å². The van der Waals surface area contributed by atoms with Gasteiger partial charge >= 0.3 is 12.1 Å². The molecule has 3 aromatic carbocycles. The van der Waals surface area contributed by atoms with Crippen LogP contribution < -0.4 is 24.0 Å². The van der Waals surface area contributed by atoms with Crippen molar-refractivity contribution in [2.45, 2.75) is 104 Å². The molecule has 0 spiro atoms. The molecular weight excluding hydrogens is 705 g/mol. The van der Waals surface area contributed by atoms with Crippen LogP contribution in [0.15, 0.2) is 66.7 Å². The summed E-state index contributed by atoms with van der Waals surface area (Å²) >= 11 is 0. The number of hydrogen-bond donors (Lipinski definition) is 1. The Labute approximate surface area is 322 Å². The van der Waals surface area contributed by atoms with E-state index in [1.165, 1.54) is 14.2 Å². The van der Waals surface area contributed by atoms with Crippen LogP contribution in [0.1, 0.15) is 101 Å². The largest absolute Gasteiger partial charge is 0.549 e. The van der Waals surface area contributed by atoms with Crippen LogP contribution in [0.2, 0.25) is 5.04 Å². The van der Waals surface area contributed by atoms with E-state index in [0.29, 0.717) is 42.2 Å². The van der Waals surface area contributed by atoms with Crippen molar-refractivity contribution in [3.63, 3.8) is 0 Å². The molecule has 1 heterocycles. The molecule has 12 heteroatoms. The molecule has 0 bridgehead atoms. The number of likely N-dealkylation sites (tertiary alicyclic amines) is 1. The summed E-state index contributed by atoms with van der Waals surface area (Å²) in [4.78, 5) is 42.3. The summed E-state index contributed by atoms with van der Waals surface area (Å²) in [6.45, 7) is 17.4. The topological polar surface area (TPSA) is 122 Å². The van der Waals surface area contributed by atoms with Crippen molar-refractivity contribution in [2.24, 2.45) is 5.41 Å². The predicted molar refractivity (Wildman–Crippen MR) is 212 cm³/mol. The van der Waals surface area contributed by atoms with Crippen molar-refractivity contribution in [3.8, 4) is 23.0 Å². The van der Waals surface area contributed by atoms with Crippen LogP contribution in [0.25, 0.3) is 0 Å².